The maximum Gasteiger partial charge on any atom is 0.311 e. The Morgan fingerprint density at radius 3 is 2.41 bits per heavy atom. The molecule has 3 heteroatoms. The first-order valence-electron chi connectivity index (χ1n) is 7.70. The molecule has 0 saturated carbocycles. The molecular weight excluding hydrogens is 276 g/mol. The molecule has 3 nitrogen and oxygen atoms in total. The molecule has 0 aromatic heterocycles. The van der Waals surface area contributed by atoms with Crippen LogP contribution in [0.5, 0.6) is 0 Å². The lowest BCUT2D eigenvalue weighted by molar-refractivity contribution is -0.153. The molecule has 1 aliphatic rings. The van der Waals surface area contributed by atoms with Crippen molar-refractivity contribution in [3.8, 4) is 0 Å². The summed E-state index contributed by atoms with van der Waals surface area (Å²) in [7, 11) is 1.40. The summed E-state index contributed by atoms with van der Waals surface area (Å²) in [4.78, 5) is 25.0. The SMILES string of the molecule is COC(=O)C(C)(C)C1c2ccccc2C=CC1C(=O)C(C)C. The van der Waals surface area contributed by atoms with Crippen LogP contribution in [0.15, 0.2) is 30.3 Å². The Bertz CT molecular complexity index is 611. The summed E-state index contributed by atoms with van der Waals surface area (Å²) in [5.74, 6) is -0.715. The van der Waals surface area contributed by atoms with Crippen molar-refractivity contribution in [2.75, 3.05) is 7.11 Å². The predicted molar refractivity (Wildman–Crippen MR) is 87.3 cm³/mol. The molecule has 0 bridgehead atoms. The standard InChI is InChI=1S/C19H24O3/c1-12(2)17(20)15-11-10-13-8-6-7-9-14(13)16(15)19(3,4)18(21)22-5/h6-12,15-16H,1-5H3. The van der Waals surface area contributed by atoms with E-state index < -0.39 is 5.41 Å². The highest BCUT2D eigenvalue weighted by Crippen LogP contribution is 2.47. The molecule has 0 amide bonds. The van der Waals surface area contributed by atoms with Crippen molar-refractivity contribution < 1.29 is 14.3 Å². The fourth-order valence-electron chi connectivity index (χ4n) is 3.33. The number of methoxy groups -OCH3 is 1. The lowest BCUT2D eigenvalue weighted by Crippen LogP contribution is -2.41. The van der Waals surface area contributed by atoms with Crippen LogP contribution in [-0.2, 0) is 14.3 Å². The maximum absolute atomic E-state index is 12.7. The normalized spacial score (nSPS) is 20.6. The van der Waals surface area contributed by atoms with Gasteiger partial charge in [0.15, 0.2) is 0 Å². The van der Waals surface area contributed by atoms with E-state index in [-0.39, 0.29) is 29.5 Å². The number of carbonyl (C=O) groups is 2. The van der Waals surface area contributed by atoms with Gasteiger partial charge in [0.2, 0.25) is 0 Å². The smallest absolute Gasteiger partial charge is 0.311 e. The molecule has 1 aliphatic carbocycles. The van der Waals surface area contributed by atoms with Crippen molar-refractivity contribution in [1.29, 1.82) is 0 Å². The van der Waals surface area contributed by atoms with Crippen molar-refractivity contribution in [2.24, 2.45) is 17.3 Å². The van der Waals surface area contributed by atoms with Crippen LogP contribution in [0.3, 0.4) is 0 Å². The Morgan fingerprint density at radius 2 is 1.82 bits per heavy atom. The average Bonchev–Trinajstić information content (AvgIpc) is 2.51. The van der Waals surface area contributed by atoms with E-state index in [9.17, 15) is 9.59 Å². The summed E-state index contributed by atoms with van der Waals surface area (Å²) in [5.41, 5.74) is 1.34. The molecule has 0 saturated heterocycles. The minimum Gasteiger partial charge on any atom is -0.469 e. The third-order valence-electron chi connectivity index (χ3n) is 4.56. The Morgan fingerprint density at radius 1 is 1.18 bits per heavy atom. The molecule has 1 aromatic carbocycles. The number of rotatable bonds is 4. The molecule has 0 spiro atoms. The van der Waals surface area contributed by atoms with Crippen molar-refractivity contribution in [3.63, 3.8) is 0 Å². The van der Waals surface area contributed by atoms with Crippen LogP contribution in [0.4, 0.5) is 0 Å². The van der Waals surface area contributed by atoms with E-state index in [0.717, 1.165) is 11.1 Å². The van der Waals surface area contributed by atoms with E-state index in [4.69, 9.17) is 4.74 Å². The van der Waals surface area contributed by atoms with E-state index in [1.807, 2.05) is 64.1 Å². The molecule has 1 aromatic rings. The largest absolute Gasteiger partial charge is 0.469 e. The fraction of sp³-hybridized carbons (Fsp3) is 0.474. The van der Waals surface area contributed by atoms with Crippen LogP contribution in [0.25, 0.3) is 6.08 Å². The summed E-state index contributed by atoms with van der Waals surface area (Å²) in [6.45, 7) is 7.53. The molecule has 2 atom stereocenters. The van der Waals surface area contributed by atoms with E-state index in [1.54, 1.807) is 0 Å². The Labute approximate surface area is 132 Å². The van der Waals surface area contributed by atoms with Crippen LogP contribution >= 0.6 is 0 Å². The zero-order valence-electron chi connectivity index (χ0n) is 13.9. The first-order valence-corrected chi connectivity index (χ1v) is 7.70. The first kappa shape index (κ1) is 16.5. The predicted octanol–water partition coefficient (Wildman–Crippen LogP) is 3.84. The number of ether oxygens (including phenoxy) is 1. The molecule has 0 fully saturated rings. The lowest BCUT2D eigenvalue weighted by Gasteiger charge is -2.39. The Kier molecular flexibility index (Phi) is 4.55. The molecule has 2 unspecified atom stereocenters. The van der Waals surface area contributed by atoms with Gasteiger partial charge in [-0.2, -0.15) is 0 Å². The summed E-state index contributed by atoms with van der Waals surface area (Å²) in [6, 6.07) is 7.95. The number of hydrogen-bond donors (Lipinski definition) is 0. The second kappa shape index (κ2) is 6.07. The highest BCUT2D eigenvalue weighted by Gasteiger charge is 2.46. The van der Waals surface area contributed by atoms with Gasteiger partial charge in [0.05, 0.1) is 12.5 Å². The molecule has 118 valence electrons. The first-order chi connectivity index (χ1) is 10.3. The van der Waals surface area contributed by atoms with Gasteiger partial charge in [-0.05, 0) is 25.0 Å². The highest BCUT2D eigenvalue weighted by atomic mass is 16.5. The van der Waals surface area contributed by atoms with Gasteiger partial charge in [0.1, 0.15) is 5.78 Å². The van der Waals surface area contributed by atoms with E-state index >= 15 is 0 Å². The molecule has 0 radical (unpaired) electrons. The number of ketones is 1. The lowest BCUT2D eigenvalue weighted by atomic mass is 9.63. The summed E-state index contributed by atoms with van der Waals surface area (Å²) >= 11 is 0. The van der Waals surface area contributed by atoms with Crippen molar-refractivity contribution in [3.05, 3.63) is 41.5 Å². The monoisotopic (exact) mass is 300 g/mol. The number of allylic oxidation sites excluding steroid dienone is 1. The van der Waals surface area contributed by atoms with Gasteiger partial charge in [-0.15, -0.1) is 0 Å². The molecule has 0 aliphatic heterocycles. The molecule has 0 N–H and O–H groups in total. The number of hydrogen-bond acceptors (Lipinski definition) is 3. The second-order valence-electron chi connectivity index (χ2n) is 6.76. The summed E-state index contributed by atoms with van der Waals surface area (Å²) in [5, 5.41) is 0. The minimum atomic E-state index is -0.773. The van der Waals surface area contributed by atoms with Gasteiger partial charge in [-0.1, -0.05) is 50.3 Å². The molecule has 2 rings (SSSR count). The van der Waals surface area contributed by atoms with E-state index in [2.05, 4.69) is 0 Å². The Hall–Kier alpha value is -1.90. The number of carbonyl (C=O) groups excluding carboxylic acids is 2. The minimum absolute atomic E-state index is 0.0733. The highest BCUT2D eigenvalue weighted by molar-refractivity contribution is 5.89. The van der Waals surface area contributed by atoms with Crippen molar-refractivity contribution >= 4 is 17.8 Å². The molecule has 22 heavy (non-hydrogen) atoms. The average molecular weight is 300 g/mol. The van der Waals surface area contributed by atoms with Crippen LogP contribution in [-0.4, -0.2) is 18.9 Å². The number of fused-ring (bicyclic) bond motifs is 1. The van der Waals surface area contributed by atoms with E-state index in [1.165, 1.54) is 7.11 Å². The third kappa shape index (κ3) is 2.72. The van der Waals surface area contributed by atoms with Crippen LogP contribution < -0.4 is 0 Å². The fourth-order valence-corrected chi connectivity index (χ4v) is 3.33. The van der Waals surface area contributed by atoms with Gasteiger partial charge < -0.3 is 4.74 Å². The topological polar surface area (TPSA) is 43.4 Å². The van der Waals surface area contributed by atoms with Gasteiger partial charge in [0, 0.05) is 17.8 Å². The van der Waals surface area contributed by atoms with Gasteiger partial charge in [0.25, 0.3) is 0 Å². The number of Topliss-reactive ketones (excluding diaryl/α,β-unsaturated/α-hetero) is 1. The third-order valence-corrected chi connectivity index (χ3v) is 4.56. The van der Waals surface area contributed by atoms with Crippen molar-refractivity contribution in [1.82, 2.24) is 0 Å². The maximum atomic E-state index is 12.7. The zero-order chi connectivity index (χ0) is 16.5. The van der Waals surface area contributed by atoms with Crippen LogP contribution in [0.1, 0.15) is 44.7 Å². The van der Waals surface area contributed by atoms with Gasteiger partial charge in [-0.3, -0.25) is 9.59 Å². The summed E-state index contributed by atoms with van der Waals surface area (Å²) in [6.07, 6.45) is 3.93. The van der Waals surface area contributed by atoms with Crippen molar-refractivity contribution in [2.45, 2.75) is 33.6 Å². The van der Waals surface area contributed by atoms with Crippen LogP contribution in [0, 0.1) is 17.3 Å². The number of esters is 1. The second-order valence-corrected chi connectivity index (χ2v) is 6.76. The quantitative estimate of drug-likeness (QED) is 0.794. The zero-order valence-corrected chi connectivity index (χ0v) is 13.9. The Balaban J connectivity index is 2.58. The van der Waals surface area contributed by atoms with Crippen LogP contribution in [0.2, 0.25) is 0 Å². The summed E-state index contributed by atoms with van der Waals surface area (Å²) < 4.78 is 5.00. The molecule has 0 heterocycles. The number of benzene rings is 1. The van der Waals surface area contributed by atoms with Gasteiger partial charge >= 0.3 is 5.97 Å². The van der Waals surface area contributed by atoms with Gasteiger partial charge in [-0.25, -0.2) is 0 Å². The van der Waals surface area contributed by atoms with E-state index in [0.29, 0.717) is 0 Å². The molecular formula is C19H24O3.